The second-order valence-electron chi connectivity index (χ2n) is 8.78. The molecule has 1 fully saturated rings. The summed E-state index contributed by atoms with van der Waals surface area (Å²) in [5, 5.41) is 11.7. The van der Waals surface area contributed by atoms with E-state index in [-0.39, 0.29) is 12.3 Å². The summed E-state index contributed by atoms with van der Waals surface area (Å²) in [6, 6.07) is 10.1. The van der Waals surface area contributed by atoms with Crippen molar-refractivity contribution in [3.8, 4) is 0 Å². The molecule has 4 atom stereocenters. The van der Waals surface area contributed by atoms with E-state index in [0.29, 0.717) is 36.6 Å². The first kappa shape index (κ1) is 23.8. The summed E-state index contributed by atoms with van der Waals surface area (Å²) in [7, 11) is 0. The lowest BCUT2D eigenvalue weighted by Gasteiger charge is -2.33. The quantitative estimate of drug-likeness (QED) is 0.210. The lowest BCUT2D eigenvalue weighted by atomic mass is 9.71. The lowest BCUT2D eigenvalue weighted by molar-refractivity contribution is -0.137. The van der Waals surface area contributed by atoms with Gasteiger partial charge in [0.2, 0.25) is 5.91 Å². The van der Waals surface area contributed by atoms with Crippen LogP contribution in [0.1, 0.15) is 44.1 Å². The molecule has 2 N–H and O–H groups in total. The Bertz CT molecular complexity index is 853. The minimum absolute atomic E-state index is 0.0669. The average Bonchev–Trinajstić information content (AvgIpc) is 3.27. The number of hydrogen-bond donors (Lipinski definition) is 2. The number of carboxylic acids is 1. The predicted molar refractivity (Wildman–Crippen MR) is 129 cm³/mol. The van der Waals surface area contributed by atoms with Gasteiger partial charge in [-0.15, -0.1) is 0 Å². The molecule has 1 saturated carbocycles. The van der Waals surface area contributed by atoms with Crippen molar-refractivity contribution >= 4 is 11.9 Å². The van der Waals surface area contributed by atoms with Crippen LogP contribution in [0.25, 0.3) is 0 Å². The maximum Gasteiger partial charge on any atom is 0.303 e. The molecule has 0 heterocycles. The molecule has 4 nitrogen and oxygen atoms in total. The first-order chi connectivity index (χ1) is 15.6. The Kier molecular flexibility index (Phi) is 9.55. The third-order valence-electron chi connectivity index (χ3n) is 6.51. The molecule has 0 spiro atoms. The van der Waals surface area contributed by atoms with Crippen molar-refractivity contribution in [3.63, 3.8) is 0 Å². The first-order valence-electron chi connectivity index (χ1n) is 11.9. The van der Waals surface area contributed by atoms with Crippen molar-refractivity contribution in [2.45, 2.75) is 44.9 Å². The number of rotatable bonds is 11. The van der Waals surface area contributed by atoms with Crippen molar-refractivity contribution in [2.24, 2.45) is 23.7 Å². The highest BCUT2D eigenvalue weighted by molar-refractivity contribution is 5.87. The second kappa shape index (κ2) is 12.8. The van der Waals surface area contributed by atoms with Gasteiger partial charge in [-0.2, -0.15) is 0 Å². The second-order valence-corrected chi connectivity index (χ2v) is 8.78. The fourth-order valence-corrected chi connectivity index (χ4v) is 4.88. The number of hydrogen-bond acceptors (Lipinski definition) is 2. The summed E-state index contributed by atoms with van der Waals surface area (Å²) in [6.45, 7) is 0.628. The van der Waals surface area contributed by atoms with Crippen LogP contribution < -0.4 is 5.32 Å². The first-order valence-corrected chi connectivity index (χ1v) is 11.9. The van der Waals surface area contributed by atoms with Crippen molar-refractivity contribution in [3.05, 3.63) is 84.5 Å². The van der Waals surface area contributed by atoms with E-state index in [0.717, 1.165) is 12.8 Å². The van der Waals surface area contributed by atoms with E-state index in [1.165, 1.54) is 24.8 Å². The van der Waals surface area contributed by atoms with Crippen molar-refractivity contribution < 1.29 is 14.7 Å². The van der Waals surface area contributed by atoms with Crippen molar-refractivity contribution in [2.75, 3.05) is 6.54 Å². The Morgan fingerprint density at radius 2 is 1.91 bits per heavy atom. The molecule has 0 radical (unpaired) electrons. The van der Waals surface area contributed by atoms with Crippen LogP contribution >= 0.6 is 0 Å². The van der Waals surface area contributed by atoms with E-state index < -0.39 is 5.97 Å². The molecule has 3 rings (SSSR count). The summed E-state index contributed by atoms with van der Waals surface area (Å²) < 4.78 is 0. The Morgan fingerprint density at radius 3 is 2.72 bits per heavy atom. The highest BCUT2D eigenvalue weighted by atomic mass is 16.4. The fourth-order valence-electron chi connectivity index (χ4n) is 4.88. The van der Waals surface area contributed by atoms with Gasteiger partial charge in [0, 0.05) is 25.0 Å². The number of amides is 1. The maximum atomic E-state index is 12.1. The van der Waals surface area contributed by atoms with Crippen LogP contribution in [0.2, 0.25) is 0 Å². The number of allylic oxidation sites excluding steroid dienone is 7. The van der Waals surface area contributed by atoms with Gasteiger partial charge in [-0.1, -0.05) is 79.3 Å². The van der Waals surface area contributed by atoms with Gasteiger partial charge >= 0.3 is 5.97 Å². The van der Waals surface area contributed by atoms with Crippen molar-refractivity contribution in [1.82, 2.24) is 5.32 Å². The van der Waals surface area contributed by atoms with Gasteiger partial charge in [0.25, 0.3) is 0 Å². The molecule has 0 saturated heterocycles. The zero-order chi connectivity index (χ0) is 22.6. The third kappa shape index (κ3) is 7.67. The minimum Gasteiger partial charge on any atom is -0.481 e. The monoisotopic (exact) mass is 433 g/mol. The van der Waals surface area contributed by atoms with Crippen LogP contribution in [-0.4, -0.2) is 23.5 Å². The molecule has 2 aliphatic carbocycles. The van der Waals surface area contributed by atoms with Gasteiger partial charge < -0.3 is 10.4 Å². The van der Waals surface area contributed by atoms with E-state index in [1.807, 2.05) is 30.4 Å². The standard InChI is InChI=1S/C28H35NO3/c30-27(29-21-20-22-10-3-1-4-11-22)16-8-7-14-25-23(12-5-2-6-17-28(31)32)18-19-24-13-9-15-26(24)25/h1,3-5,7-8,10-12,14,16,18-19,23-26H,2,6,9,13,15,17,20-21H2,(H,29,30)(H,31,32). The van der Waals surface area contributed by atoms with Crippen LogP contribution in [-0.2, 0) is 16.0 Å². The summed E-state index contributed by atoms with van der Waals surface area (Å²) in [5.74, 6) is 1.27. The van der Waals surface area contributed by atoms with E-state index in [2.05, 4.69) is 47.8 Å². The minimum atomic E-state index is -0.735. The summed E-state index contributed by atoms with van der Waals surface area (Å²) in [5.41, 5.74) is 1.22. The molecule has 1 aromatic carbocycles. The van der Waals surface area contributed by atoms with E-state index in [9.17, 15) is 9.59 Å². The summed E-state index contributed by atoms with van der Waals surface area (Å²) in [4.78, 5) is 22.8. The zero-order valence-corrected chi connectivity index (χ0v) is 18.7. The molecular weight excluding hydrogens is 398 g/mol. The molecule has 2 aliphatic rings. The van der Waals surface area contributed by atoms with Gasteiger partial charge in [-0.3, -0.25) is 9.59 Å². The number of carbonyl (C=O) groups is 2. The molecule has 4 unspecified atom stereocenters. The van der Waals surface area contributed by atoms with E-state index >= 15 is 0 Å². The highest BCUT2D eigenvalue weighted by Gasteiger charge is 2.36. The molecular formula is C28H35NO3. The number of aliphatic carboxylic acids is 1. The molecule has 170 valence electrons. The third-order valence-corrected chi connectivity index (χ3v) is 6.51. The van der Waals surface area contributed by atoms with E-state index in [1.54, 1.807) is 6.08 Å². The van der Waals surface area contributed by atoms with Crippen LogP contribution in [0.15, 0.2) is 78.9 Å². The van der Waals surface area contributed by atoms with Gasteiger partial charge in [0.15, 0.2) is 0 Å². The van der Waals surface area contributed by atoms with Crippen LogP contribution in [0.5, 0.6) is 0 Å². The average molecular weight is 434 g/mol. The number of nitrogens with one attached hydrogen (secondary N) is 1. The Morgan fingerprint density at radius 1 is 1.06 bits per heavy atom. The topological polar surface area (TPSA) is 66.4 Å². The smallest absolute Gasteiger partial charge is 0.303 e. The zero-order valence-electron chi connectivity index (χ0n) is 18.7. The molecule has 0 bridgehead atoms. The van der Waals surface area contributed by atoms with Crippen LogP contribution in [0.4, 0.5) is 0 Å². The summed E-state index contributed by atoms with van der Waals surface area (Å²) >= 11 is 0. The van der Waals surface area contributed by atoms with Crippen LogP contribution in [0.3, 0.4) is 0 Å². The number of carbonyl (C=O) groups excluding carboxylic acids is 1. The lowest BCUT2D eigenvalue weighted by Crippen LogP contribution is -2.26. The fraction of sp³-hybridized carbons (Fsp3) is 0.429. The van der Waals surface area contributed by atoms with Gasteiger partial charge in [0.1, 0.15) is 0 Å². The molecule has 0 aromatic heterocycles. The Balaban J connectivity index is 1.49. The van der Waals surface area contributed by atoms with Gasteiger partial charge in [-0.05, 0) is 55.4 Å². The normalized spacial score (nSPS) is 25.0. The molecule has 0 aliphatic heterocycles. The van der Waals surface area contributed by atoms with Crippen molar-refractivity contribution in [1.29, 1.82) is 0 Å². The number of unbranched alkanes of at least 4 members (excludes halogenated alkanes) is 1. The number of fused-ring (bicyclic) bond motifs is 1. The van der Waals surface area contributed by atoms with Gasteiger partial charge in [-0.25, -0.2) is 0 Å². The largest absolute Gasteiger partial charge is 0.481 e. The molecule has 4 heteroatoms. The highest BCUT2D eigenvalue weighted by Crippen LogP contribution is 2.45. The number of benzene rings is 1. The maximum absolute atomic E-state index is 12.1. The van der Waals surface area contributed by atoms with Crippen LogP contribution in [0, 0.1) is 23.7 Å². The Labute approximate surface area is 191 Å². The Hall–Kier alpha value is -2.88. The molecule has 32 heavy (non-hydrogen) atoms. The van der Waals surface area contributed by atoms with Gasteiger partial charge in [0.05, 0.1) is 0 Å². The van der Waals surface area contributed by atoms with E-state index in [4.69, 9.17) is 5.11 Å². The SMILES string of the molecule is O=C(O)CCCC=CC1C=CC2CCCC2C1C=CC=CC(=O)NCCc1ccccc1. The molecule has 1 aromatic rings. The molecule has 1 amide bonds. The number of carboxylic acid groups (broad SMARTS) is 1. The predicted octanol–water partition coefficient (Wildman–Crippen LogP) is 5.49. The summed E-state index contributed by atoms with van der Waals surface area (Å²) in [6.07, 6.45) is 23.1.